The minimum atomic E-state index is -4.99. The molecule has 0 aliphatic carbocycles. The number of alkyl halides is 3. The zero-order valence-electron chi connectivity index (χ0n) is 22.4. The van der Waals surface area contributed by atoms with Crippen molar-refractivity contribution in [2.24, 2.45) is 0 Å². The summed E-state index contributed by atoms with van der Waals surface area (Å²) >= 11 is 0. The Hall–Kier alpha value is -3.67. The van der Waals surface area contributed by atoms with Crippen LogP contribution in [-0.4, -0.2) is 60.6 Å². The number of aromatic nitrogens is 2. The van der Waals surface area contributed by atoms with Crippen LogP contribution in [-0.2, 0) is 0 Å². The lowest BCUT2D eigenvalue weighted by atomic mass is 9.89. The normalized spacial score (nSPS) is 16.6. The number of nitrogens with one attached hydrogen (secondary N) is 1. The number of ether oxygens (including phenoxy) is 2. The maximum absolute atomic E-state index is 15.0. The third-order valence-electron chi connectivity index (χ3n) is 7.20. The fourth-order valence-corrected chi connectivity index (χ4v) is 5.20. The predicted octanol–water partition coefficient (Wildman–Crippen LogP) is 6.48. The van der Waals surface area contributed by atoms with Gasteiger partial charge in [-0.1, -0.05) is 6.07 Å². The van der Waals surface area contributed by atoms with Crippen LogP contribution in [0.15, 0.2) is 36.5 Å². The van der Waals surface area contributed by atoms with Crippen molar-refractivity contribution < 1.29 is 31.4 Å². The van der Waals surface area contributed by atoms with Crippen LogP contribution >= 0.6 is 0 Å². The van der Waals surface area contributed by atoms with Gasteiger partial charge in [-0.3, -0.25) is 0 Å². The highest BCUT2D eigenvalue weighted by Gasteiger charge is 2.35. The van der Waals surface area contributed by atoms with Crippen LogP contribution in [0.5, 0.6) is 11.5 Å². The van der Waals surface area contributed by atoms with Gasteiger partial charge in [0, 0.05) is 17.3 Å². The first-order chi connectivity index (χ1) is 19.0. The molecule has 1 N–H and O–H groups in total. The molecule has 12 heteroatoms. The van der Waals surface area contributed by atoms with Gasteiger partial charge in [0.2, 0.25) is 5.95 Å². The molecule has 2 aromatic carbocycles. The first kappa shape index (κ1) is 27.9. The van der Waals surface area contributed by atoms with Gasteiger partial charge in [0.25, 0.3) is 0 Å². The average Bonchev–Trinajstić information content (AvgIpc) is 2.89. The summed E-state index contributed by atoms with van der Waals surface area (Å²) in [6.07, 6.45) is -2.35. The van der Waals surface area contributed by atoms with Crippen LogP contribution in [0.25, 0.3) is 11.3 Å². The van der Waals surface area contributed by atoms with E-state index in [-0.39, 0.29) is 47.3 Å². The van der Waals surface area contributed by atoms with E-state index in [0.717, 1.165) is 38.2 Å². The summed E-state index contributed by atoms with van der Waals surface area (Å²) in [4.78, 5) is 12.2. The Morgan fingerprint density at radius 2 is 1.80 bits per heavy atom. The summed E-state index contributed by atoms with van der Waals surface area (Å²) < 4.78 is 79.5. The standard InChI is InChI=1S/C28H30F5N5O2/c1-16(2)38-10-11-39-26-23(38)12-18(13-24(26)40-28(31,32)33)25-22(30)15-34-27(36-25)35-19-4-5-20(21(29)14-19)17-6-8-37(3)9-7-17/h4-5,12-17H,6-11H2,1-3H3,(H,34,35,36). The molecule has 1 saturated heterocycles. The maximum atomic E-state index is 15.0. The molecule has 3 aromatic rings. The Morgan fingerprint density at radius 3 is 2.48 bits per heavy atom. The minimum absolute atomic E-state index is 0.0425. The largest absolute Gasteiger partial charge is 0.573 e. The molecular weight excluding hydrogens is 533 g/mol. The van der Waals surface area contributed by atoms with Crippen molar-refractivity contribution in [3.05, 3.63) is 53.7 Å². The summed E-state index contributed by atoms with van der Waals surface area (Å²) in [5.74, 6) is -1.79. The summed E-state index contributed by atoms with van der Waals surface area (Å²) in [6.45, 7) is 6.16. The van der Waals surface area contributed by atoms with Crippen LogP contribution in [0.1, 0.15) is 38.2 Å². The topological polar surface area (TPSA) is 62.8 Å². The van der Waals surface area contributed by atoms with Crippen LogP contribution in [0.4, 0.5) is 39.3 Å². The second-order valence-electron chi connectivity index (χ2n) is 10.3. The van der Waals surface area contributed by atoms with Gasteiger partial charge in [-0.15, -0.1) is 13.2 Å². The minimum Gasteiger partial charge on any atom is -0.486 e. The number of nitrogens with zero attached hydrogens (tertiary/aromatic N) is 4. The van der Waals surface area contributed by atoms with Gasteiger partial charge in [-0.05, 0) is 82.6 Å². The van der Waals surface area contributed by atoms with Crippen molar-refractivity contribution in [2.45, 2.75) is 45.0 Å². The van der Waals surface area contributed by atoms with Crippen molar-refractivity contribution in [1.29, 1.82) is 0 Å². The van der Waals surface area contributed by atoms with Crippen molar-refractivity contribution in [1.82, 2.24) is 14.9 Å². The molecule has 40 heavy (non-hydrogen) atoms. The zero-order valence-corrected chi connectivity index (χ0v) is 22.4. The predicted molar refractivity (Wildman–Crippen MR) is 141 cm³/mol. The molecule has 0 bridgehead atoms. The van der Waals surface area contributed by atoms with Crippen molar-refractivity contribution in [3.63, 3.8) is 0 Å². The highest BCUT2D eigenvalue weighted by Crippen LogP contribution is 2.46. The molecule has 0 spiro atoms. The molecule has 2 aliphatic rings. The molecule has 0 amide bonds. The molecule has 7 nitrogen and oxygen atoms in total. The monoisotopic (exact) mass is 563 g/mol. The molecule has 214 valence electrons. The van der Waals surface area contributed by atoms with Crippen molar-refractivity contribution in [3.8, 4) is 22.8 Å². The van der Waals surface area contributed by atoms with Gasteiger partial charge in [0.05, 0.1) is 18.4 Å². The highest BCUT2D eigenvalue weighted by molar-refractivity contribution is 5.77. The van der Waals surface area contributed by atoms with Crippen LogP contribution < -0.4 is 19.7 Å². The van der Waals surface area contributed by atoms with Crippen LogP contribution in [0.2, 0.25) is 0 Å². The Bertz CT molecular complexity index is 1380. The lowest BCUT2D eigenvalue weighted by Gasteiger charge is -2.35. The van der Waals surface area contributed by atoms with Gasteiger partial charge in [0.1, 0.15) is 18.1 Å². The second-order valence-corrected chi connectivity index (χ2v) is 10.3. The first-order valence-electron chi connectivity index (χ1n) is 13.1. The third kappa shape index (κ3) is 6.06. The smallest absolute Gasteiger partial charge is 0.486 e. The second kappa shape index (κ2) is 11.1. The SMILES string of the molecule is CC(C)N1CCOc2c(OC(F)(F)F)cc(-c3nc(Nc4ccc(C5CCN(C)CC5)c(F)c4)ncc3F)cc21. The quantitative estimate of drug-likeness (QED) is 0.345. The Balaban J connectivity index is 1.47. The molecule has 0 unspecified atom stereocenters. The van der Waals surface area contributed by atoms with E-state index >= 15 is 4.39 Å². The third-order valence-corrected chi connectivity index (χ3v) is 7.20. The number of hydrogen-bond acceptors (Lipinski definition) is 7. The molecule has 3 heterocycles. The van der Waals surface area contributed by atoms with E-state index in [9.17, 15) is 17.6 Å². The molecule has 2 aliphatic heterocycles. The van der Waals surface area contributed by atoms with E-state index < -0.39 is 17.9 Å². The summed E-state index contributed by atoms with van der Waals surface area (Å²) in [7, 11) is 2.04. The number of hydrogen-bond donors (Lipinski definition) is 1. The molecule has 0 radical (unpaired) electrons. The first-order valence-corrected chi connectivity index (χ1v) is 13.1. The molecular formula is C28H30F5N5O2. The van der Waals surface area contributed by atoms with Gasteiger partial charge >= 0.3 is 6.36 Å². The van der Waals surface area contributed by atoms with E-state index in [0.29, 0.717) is 23.5 Å². The van der Waals surface area contributed by atoms with E-state index in [1.54, 1.807) is 12.1 Å². The molecule has 0 saturated carbocycles. The average molecular weight is 564 g/mol. The Kier molecular flexibility index (Phi) is 7.72. The number of likely N-dealkylation sites (tertiary alicyclic amines) is 1. The summed E-state index contributed by atoms with van der Waals surface area (Å²) in [5.41, 5.74) is 1.13. The number of piperidine rings is 1. The lowest BCUT2D eigenvalue weighted by Crippen LogP contribution is -2.38. The zero-order chi connectivity index (χ0) is 28.6. The number of rotatable bonds is 6. The van der Waals surface area contributed by atoms with Gasteiger partial charge < -0.3 is 24.6 Å². The lowest BCUT2D eigenvalue weighted by molar-refractivity contribution is -0.275. The fraction of sp³-hybridized carbons (Fsp3) is 0.429. The van der Waals surface area contributed by atoms with Crippen molar-refractivity contribution >= 4 is 17.3 Å². The highest BCUT2D eigenvalue weighted by atomic mass is 19.4. The van der Waals surface area contributed by atoms with Crippen LogP contribution in [0.3, 0.4) is 0 Å². The Labute approximate surface area is 228 Å². The van der Waals surface area contributed by atoms with Gasteiger partial charge in [0.15, 0.2) is 17.3 Å². The molecule has 1 fully saturated rings. The molecule has 5 rings (SSSR count). The van der Waals surface area contributed by atoms with Crippen molar-refractivity contribution in [2.75, 3.05) is 43.5 Å². The molecule has 1 aromatic heterocycles. The maximum Gasteiger partial charge on any atom is 0.573 e. The fourth-order valence-electron chi connectivity index (χ4n) is 5.20. The van der Waals surface area contributed by atoms with Gasteiger partial charge in [-0.2, -0.15) is 0 Å². The number of halogens is 5. The number of anilines is 3. The van der Waals surface area contributed by atoms with Crippen LogP contribution in [0, 0.1) is 11.6 Å². The van der Waals surface area contributed by atoms with Gasteiger partial charge in [-0.25, -0.2) is 18.7 Å². The van der Waals surface area contributed by atoms with E-state index in [4.69, 9.17) is 4.74 Å². The van der Waals surface area contributed by atoms with E-state index in [2.05, 4.69) is 24.9 Å². The summed E-state index contributed by atoms with van der Waals surface area (Å²) in [5, 5.41) is 2.88. The number of fused-ring (bicyclic) bond motifs is 1. The number of benzene rings is 2. The summed E-state index contributed by atoms with van der Waals surface area (Å²) in [6, 6.07) is 7.26. The Morgan fingerprint density at radius 1 is 1.05 bits per heavy atom. The van der Waals surface area contributed by atoms with E-state index in [1.807, 2.05) is 25.8 Å². The van der Waals surface area contributed by atoms with E-state index in [1.165, 1.54) is 12.1 Å². The molecule has 0 atom stereocenters.